The number of hydrogen-bond acceptors (Lipinski definition) is 4. The molecule has 1 saturated heterocycles. The third kappa shape index (κ3) is 1.85. The van der Waals surface area contributed by atoms with Gasteiger partial charge in [0.05, 0.1) is 25.4 Å². The number of aliphatic carboxylic acids is 1. The van der Waals surface area contributed by atoms with Crippen molar-refractivity contribution in [2.45, 2.75) is 37.2 Å². The molecule has 0 bridgehead atoms. The van der Waals surface area contributed by atoms with Gasteiger partial charge in [-0.3, -0.25) is 9.59 Å². The number of fused-ring (bicyclic) bond motifs is 3. The van der Waals surface area contributed by atoms with E-state index in [2.05, 4.69) is 0 Å². The molecule has 0 saturated carbocycles. The Hall–Kier alpha value is -2.04. The smallest absolute Gasteiger partial charge is 0.307 e. The van der Waals surface area contributed by atoms with Crippen LogP contribution in [0.5, 0.6) is 5.75 Å². The van der Waals surface area contributed by atoms with E-state index in [4.69, 9.17) is 9.47 Å². The lowest BCUT2D eigenvalue weighted by molar-refractivity contribution is -0.143. The van der Waals surface area contributed by atoms with Gasteiger partial charge in [-0.05, 0) is 36.1 Å². The number of carboxylic acids is 1. The first-order chi connectivity index (χ1) is 9.55. The van der Waals surface area contributed by atoms with E-state index in [9.17, 15) is 14.7 Å². The van der Waals surface area contributed by atoms with E-state index < -0.39 is 11.4 Å². The molecule has 3 rings (SSSR count). The van der Waals surface area contributed by atoms with Crippen LogP contribution >= 0.6 is 0 Å². The zero-order valence-corrected chi connectivity index (χ0v) is 11.2. The van der Waals surface area contributed by atoms with Gasteiger partial charge in [0.25, 0.3) is 0 Å². The van der Waals surface area contributed by atoms with E-state index >= 15 is 0 Å². The second-order valence-corrected chi connectivity index (χ2v) is 5.44. The summed E-state index contributed by atoms with van der Waals surface area (Å²) in [5, 5.41) is 9.23. The van der Waals surface area contributed by atoms with E-state index in [1.807, 2.05) is 18.2 Å². The van der Waals surface area contributed by atoms with Crippen molar-refractivity contribution in [3.05, 3.63) is 29.3 Å². The molecule has 5 heteroatoms. The van der Waals surface area contributed by atoms with Crippen molar-refractivity contribution in [1.29, 1.82) is 0 Å². The first-order valence-corrected chi connectivity index (χ1v) is 6.64. The van der Waals surface area contributed by atoms with E-state index in [0.717, 1.165) is 23.3 Å². The van der Waals surface area contributed by atoms with Gasteiger partial charge in [0.1, 0.15) is 11.9 Å². The maximum Gasteiger partial charge on any atom is 0.307 e. The molecule has 0 radical (unpaired) electrons. The van der Waals surface area contributed by atoms with Gasteiger partial charge in [0.15, 0.2) is 0 Å². The minimum Gasteiger partial charge on any atom is -0.497 e. The Labute approximate surface area is 116 Å². The number of rotatable bonds is 3. The van der Waals surface area contributed by atoms with Crippen LogP contribution in [0.1, 0.15) is 30.4 Å². The molecule has 20 heavy (non-hydrogen) atoms. The number of hydrogen-bond donors (Lipinski definition) is 1. The van der Waals surface area contributed by atoms with E-state index in [0.29, 0.717) is 6.42 Å². The normalized spacial score (nSPS) is 27.4. The minimum absolute atomic E-state index is 0.0806. The van der Waals surface area contributed by atoms with Crippen LogP contribution in [0.4, 0.5) is 0 Å². The van der Waals surface area contributed by atoms with Crippen molar-refractivity contribution in [1.82, 2.24) is 0 Å². The third-order valence-corrected chi connectivity index (χ3v) is 4.34. The van der Waals surface area contributed by atoms with Gasteiger partial charge < -0.3 is 14.6 Å². The molecule has 5 nitrogen and oxygen atoms in total. The number of esters is 1. The molecule has 2 unspecified atom stereocenters. The number of benzene rings is 1. The van der Waals surface area contributed by atoms with Crippen molar-refractivity contribution in [3.63, 3.8) is 0 Å². The number of carbonyl (C=O) groups is 2. The number of aryl methyl sites for hydroxylation is 1. The molecular formula is C15H16O5. The van der Waals surface area contributed by atoms with Crippen LogP contribution < -0.4 is 4.74 Å². The SMILES string of the molecule is COc1ccc2c(c1)CCC1OC(=O)CC21CC(=O)O. The minimum atomic E-state index is -0.906. The highest BCUT2D eigenvalue weighted by atomic mass is 16.6. The summed E-state index contributed by atoms with van der Waals surface area (Å²) in [7, 11) is 1.60. The van der Waals surface area contributed by atoms with E-state index in [1.54, 1.807) is 7.11 Å². The molecule has 1 aliphatic heterocycles. The molecule has 1 aliphatic carbocycles. The van der Waals surface area contributed by atoms with Crippen LogP contribution in [0.3, 0.4) is 0 Å². The summed E-state index contributed by atoms with van der Waals surface area (Å²) in [6, 6.07) is 5.62. The van der Waals surface area contributed by atoms with Crippen LogP contribution in [0.15, 0.2) is 18.2 Å². The maximum absolute atomic E-state index is 11.7. The summed E-state index contributed by atoms with van der Waals surface area (Å²) >= 11 is 0. The lowest BCUT2D eigenvalue weighted by Gasteiger charge is -2.37. The van der Waals surface area contributed by atoms with Crippen molar-refractivity contribution in [3.8, 4) is 5.75 Å². The zero-order valence-electron chi connectivity index (χ0n) is 11.2. The molecule has 0 amide bonds. The molecule has 2 aliphatic rings. The Kier molecular flexibility index (Phi) is 2.92. The molecular weight excluding hydrogens is 260 g/mol. The third-order valence-electron chi connectivity index (χ3n) is 4.34. The molecule has 2 atom stereocenters. The number of ether oxygens (including phenoxy) is 2. The first kappa shape index (κ1) is 13.0. The van der Waals surface area contributed by atoms with Crippen molar-refractivity contribution < 1.29 is 24.2 Å². The van der Waals surface area contributed by atoms with Crippen molar-refractivity contribution in [2.24, 2.45) is 0 Å². The second-order valence-electron chi connectivity index (χ2n) is 5.44. The Balaban J connectivity index is 2.11. The maximum atomic E-state index is 11.7. The van der Waals surface area contributed by atoms with Gasteiger partial charge in [-0.1, -0.05) is 6.07 Å². The fourth-order valence-electron chi connectivity index (χ4n) is 3.51. The Morgan fingerprint density at radius 2 is 2.35 bits per heavy atom. The fourth-order valence-corrected chi connectivity index (χ4v) is 3.51. The summed E-state index contributed by atoms with van der Waals surface area (Å²) in [6.07, 6.45) is 1.17. The molecule has 106 valence electrons. The van der Waals surface area contributed by atoms with Crippen LogP contribution in [0.2, 0.25) is 0 Å². The van der Waals surface area contributed by atoms with Crippen LogP contribution in [0, 0.1) is 0 Å². The largest absolute Gasteiger partial charge is 0.497 e. The van der Waals surface area contributed by atoms with Crippen LogP contribution in [0.25, 0.3) is 0 Å². The highest BCUT2D eigenvalue weighted by Gasteiger charge is 2.54. The quantitative estimate of drug-likeness (QED) is 0.850. The Morgan fingerprint density at radius 1 is 1.55 bits per heavy atom. The highest BCUT2D eigenvalue weighted by molar-refractivity contribution is 5.79. The fraction of sp³-hybridized carbons (Fsp3) is 0.467. The molecule has 1 aromatic rings. The standard InChI is InChI=1S/C15H16O5/c1-19-10-3-4-11-9(6-10)2-5-12-15(11,7-13(16)17)8-14(18)20-12/h3-4,6,12H,2,5,7-8H2,1H3,(H,16,17). The first-order valence-electron chi connectivity index (χ1n) is 6.64. The summed E-state index contributed by atoms with van der Waals surface area (Å²) in [6.45, 7) is 0. The molecule has 0 spiro atoms. The van der Waals surface area contributed by atoms with Gasteiger partial charge in [-0.25, -0.2) is 0 Å². The van der Waals surface area contributed by atoms with E-state index in [1.165, 1.54) is 0 Å². The monoisotopic (exact) mass is 276 g/mol. The van der Waals surface area contributed by atoms with Gasteiger partial charge in [0.2, 0.25) is 0 Å². The lowest BCUT2D eigenvalue weighted by atomic mass is 9.65. The Morgan fingerprint density at radius 3 is 3.05 bits per heavy atom. The van der Waals surface area contributed by atoms with Crippen molar-refractivity contribution in [2.75, 3.05) is 7.11 Å². The average Bonchev–Trinajstić information content (AvgIpc) is 2.73. The average molecular weight is 276 g/mol. The lowest BCUT2D eigenvalue weighted by Crippen LogP contribution is -2.41. The predicted molar refractivity (Wildman–Crippen MR) is 69.7 cm³/mol. The number of carbonyl (C=O) groups excluding carboxylic acids is 1. The van der Waals surface area contributed by atoms with E-state index in [-0.39, 0.29) is 24.9 Å². The zero-order chi connectivity index (χ0) is 14.3. The Bertz CT molecular complexity index is 580. The summed E-state index contributed by atoms with van der Waals surface area (Å²) in [4.78, 5) is 22.9. The molecule has 0 aromatic heterocycles. The summed E-state index contributed by atoms with van der Waals surface area (Å²) < 4.78 is 10.6. The molecule has 1 fully saturated rings. The second kappa shape index (κ2) is 4.51. The van der Waals surface area contributed by atoms with Crippen LogP contribution in [-0.4, -0.2) is 30.3 Å². The molecule has 1 N–H and O–H groups in total. The summed E-state index contributed by atoms with van der Waals surface area (Å²) in [5.41, 5.74) is 1.26. The number of methoxy groups -OCH3 is 1. The topological polar surface area (TPSA) is 72.8 Å². The van der Waals surface area contributed by atoms with Crippen molar-refractivity contribution >= 4 is 11.9 Å². The van der Waals surface area contributed by atoms with Gasteiger partial charge >= 0.3 is 11.9 Å². The van der Waals surface area contributed by atoms with Gasteiger partial charge in [-0.15, -0.1) is 0 Å². The highest BCUT2D eigenvalue weighted by Crippen LogP contribution is 2.49. The number of carboxylic acid groups (broad SMARTS) is 1. The molecule has 1 heterocycles. The molecule has 1 aromatic carbocycles. The predicted octanol–water partition coefficient (Wildman–Crippen LogP) is 1.67. The van der Waals surface area contributed by atoms with Gasteiger partial charge in [0, 0.05) is 0 Å². The van der Waals surface area contributed by atoms with Crippen LogP contribution in [-0.2, 0) is 26.2 Å². The summed E-state index contributed by atoms with van der Waals surface area (Å²) in [5.74, 6) is -0.463. The van der Waals surface area contributed by atoms with Gasteiger partial charge in [-0.2, -0.15) is 0 Å².